The van der Waals surface area contributed by atoms with Crippen LogP contribution in [0.25, 0.3) is 0 Å². The van der Waals surface area contributed by atoms with Crippen molar-refractivity contribution >= 4 is 59.1 Å². The predicted molar refractivity (Wildman–Crippen MR) is 265 cm³/mol. The summed E-state index contributed by atoms with van der Waals surface area (Å²) < 4.78 is 0. The van der Waals surface area contributed by atoms with Gasteiger partial charge < -0.3 is 75.1 Å². The van der Waals surface area contributed by atoms with Gasteiger partial charge in [0, 0.05) is 12.8 Å². The number of aliphatic carboxylic acids is 1. The van der Waals surface area contributed by atoms with Gasteiger partial charge in [0.2, 0.25) is 53.2 Å². The molecule has 1 aromatic carbocycles. The number of carbonyl (C=O) groups is 10. The van der Waals surface area contributed by atoms with Gasteiger partial charge in [0.25, 0.3) is 0 Å². The van der Waals surface area contributed by atoms with E-state index >= 15 is 0 Å². The van der Waals surface area contributed by atoms with Crippen LogP contribution in [-0.4, -0.2) is 149 Å². The molecule has 0 saturated heterocycles. The average Bonchev–Trinajstić information content (AvgIpc) is 3.34. The largest absolute Gasteiger partial charge is 0.480 e. The lowest BCUT2D eigenvalue weighted by Crippen LogP contribution is -2.62. The SMILES string of the molecule is CC[C@H](C)[C@H](N)C(=O)N[C@@H](Cc1ccccc1)C(=O)N[C@H](C(=O)N[C@@H](CO)C(=O)N[C@@H](CO)C(=O)N[C@H](C(=O)N[C@@H](CCC(N)=O)C(=O)N[C@@H](CCCCN)C(=O)N[C@H](C(=O)O)C(C)C)C(C)C)[C@@H](C)CC. The third-order valence-corrected chi connectivity index (χ3v) is 12.3. The second-order valence-corrected chi connectivity index (χ2v) is 18.7. The van der Waals surface area contributed by atoms with Gasteiger partial charge in [-0.3, -0.25) is 43.2 Å². The van der Waals surface area contributed by atoms with Crippen LogP contribution in [0.1, 0.15) is 106 Å². The highest BCUT2D eigenvalue weighted by Gasteiger charge is 2.37. The number of unbranched alkanes of at least 4 members (excludes halogenated alkanes) is 1. The van der Waals surface area contributed by atoms with Crippen molar-refractivity contribution in [1.82, 2.24) is 42.5 Å². The van der Waals surface area contributed by atoms with E-state index in [2.05, 4.69) is 42.5 Å². The molecule has 1 rings (SSSR count). The average molecular weight is 1020 g/mol. The van der Waals surface area contributed by atoms with Crippen molar-refractivity contribution in [3.63, 3.8) is 0 Å². The maximum Gasteiger partial charge on any atom is 0.326 e. The first-order valence-corrected chi connectivity index (χ1v) is 24.5. The van der Waals surface area contributed by atoms with Gasteiger partial charge in [0.1, 0.15) is 48.3 Å². The molecule has 0 aromatic heterocycles. The molecule has 0 spiro atoms. The summed E-state index contributed by atoms with van der Waals surface area (Å²) >= 11 is 0. The Morgan fingerprint density at radius 2 is 0.931 bits per heavy atom. The molecule has 0 fully saturated rings. The highest BCUT2D eigenvalue weighted by atomic mass is 16.4. The van der Waals surface area contributed by atoms with Crippen LogP contribution in [0.4, 0.5) is 0 Å². The summed E-state index contributed by atoms with van der Waals surface area (Å²) in [5, 5.41) is 50.0. The minimum atomic E-state index is -1.77. The normalized spacial score (nSPS) is 15.9. The molecule has 17 N–H and O–H groups in total. The molecule has 406 valence electrons. The van der Waals surface area contributed by atoms with Crippen LogP contribution in [0.3, 0.4) is 0 Å². The minimum Gasteiger partial charge on any atom is -0.480 e. The van der Waals surface area contributed by atoms with Crippen molar-refractivity contribution < 1.29 is 63.3 Å². The molecule has 0 heterocycles. The van der Waals surface area contributed by atoms with Crippen molar-refractivity contribution in [3.05, 3.63) is 35.9 Å². The van der Waals surface area contributed by atoms with Crippen LogP contribution in [0.5, 0.6) is 0 Å². The van der Waals surface area contributed by atoms with Crippen molar-refractivity contribution in [2.24, 2.45) is 40.9 Å². The van der Waals surface area contributed by atoms with Crippen LogP contribution in [0.15, 0.2) is 30.3 Å². The highest BCUT2D eigenvalue weighted by Crippen LogP contribution is 2.13. The summed E-state index contributed by atoms with van der Waals surface area (Å²) in [5.41, 5.74) is 17.8. The van der Waals surface area contributed by atoms with Gasteiger partial charge in [0.15, 0.2) is 0 Å². The standard InChI is InChI=1S/C48H81N11O13/c1-9-27(7)36(51)45(68)54-32(22-29-16-12-11-13-17-29)42(65)59-39(28(8)10-2)47(70)56-33(23-60)43(66)55-34(24-61)44(67)57-37(25(3)4)46(69)53-31(19-20-35(50)62)40(63)52-30(18-14-15-21-49)41(64)58-38(26(5)6)48(71)72/h11-13,16-17,25-28,30-34,36-39,60-61H,9-10,14-15,18-24,49,51H2,1-8H3,(H2,50,62)(H,52,63)(H,53,69)(H,54,68)(H,55,66)(H,56,70)(H,57,67)(H,58,64)(H,59,65)(H,71,72)/t27-,28-,30-,31-,32-,33-,34-,36-,37-,38-,39-/m0/s1. The van der Waals surface area contributed by atoms with Gasteiger partial charge in [0.05, 0.1) is 19.3 Å². The number of carboxylic acids is 1. The van der Waals surface area contributed by atoms with Crippen molar-refractivity contribution in [2.45, 2.75) is 161 Å². The zero-order valence-corrected chi connectivity index (χ0v) is 42.8. The zero-order valence-electron chi connectivity index (χ0n) is 42.8. The second kappa shape index (κ2) is 32.7. The Balaban J connectivity index is 3.30. The first kappa shape index (κ1) is 63.8. The molecule has 0 unspecified atom stereocenters. The van der Waals surface area contributed by atoms with E-state index < -0.39 is 151 Å². The third kappa shape index (κ3) is 21.6. The smallest absolute Gasteiger partial charge is 0.326 e. The van der Waals surface area contributed by atoms with Crippen molar-refractivity contribution in [3.8, 4) is 0 Å². The molecule has 9 amide bonds. The second-order valence-electron chi connectivity index (χ2n) is 18.7. The fourth-order valence-corrected chi connectivity index (χ4v) is 7.12. The molecule has 24 heteroatoms. The van der Waals surface area contributed by atoms with E-state index in [0.29, 0.717) is 31.2 Å². The maximum absolute atomic E-state index is 13.9. The first-order chi connectivity index (χ1) is 33.9. The van der Waals surface area contributed by atoms with Crippen LogP contribution in [-0.2, 0) is 54.4 Å². The lowest BCUT2D eigenvalue weighted by Gasteiger charge is -2.29. The molecular weight excluding hydrogens is 939 g/mol. The number of rotatable bonds is 34. The molecule has 72 heavy (non-hydrogen) atoms. The maximum atomic E-state index is 13.9. The number of carboxylic acid groups (broad SMARTS) is 1. The lowest BCUT2D eigenvalue weighted by molar-refractivity contribution is -0.143. The third-order valence-electron chi connectivity index (χ3n) is 12.3. The number of hydrogen-bond acceptors (Lipinski definition) is 14. The summed E-state index contributed by atoms with van der Waals surface area (Å²) in [4.78, 5) is 133. The predicted octanol–water partition coefficient (Wildman–Crippen LogP) is -2.70. The van der Waals surface area contributed by atoms with Gasteiger partial charge in [-0.1, -0.05) is 98.6 Å². The fourth-order valence-electron chi connectivity index (χ4n) is 7.12. The van der Waals surface area contributed by atoms with E-state index in [1.165, 1.54) is 13.8 Å². The van der Waals surface area contributed by atoms with E-state index in [0.717, 1.165) is 0 Å². The van der Waals surface area contributed by atoms with E-state index in [1.807, 2.05) is 6.92 Å². The topological polar surface area (TPSA) is 406 Å². The van der Waals surface area contributed by atoms with Crippen LogP contribution < -0.4 is 59.7 Å². The summed E-state index contributed by atoms with van der Waals surface area (Å²) in [6, 6.07) is -3.60. The number of nitrogens with one attached hydrogen (secondary N) is 8. The van der Waals surface area contributed by atoms with E-state index in [4.69, 9.17) is 17.2 Å². The lowest BCUT2D eigenvalue weighted by atomic mass is 9.96. The Bertz CT molecular complexity index is 1960. The Kier molecular flexibility index (Phi) is 28.9. The van der Waals surface area contributed by atoms with Crippen molar-refractivity contribution in [1.29, 1.82) is 0 Å². The Hall–Kier alpha value is -6.24. The van der Waals surface area contributed by atoms with Crippen molar-refractivity contribution in [2.75, 3.05) is 19.8 Å². The van der Waals surface area contributed by atoms with Crippen LogP contribution in [0.2, 0.25) is 0 Å². The molecule has 24 nitrogen and oxygen atoms in total. The molecule has 0 aliphatic rings. The number of hydrogen-bond donors (Lipinski definition) is 14. The molecular formula is C48H81N11O13. The summed E-state index contributed by atoms with van der Waals surface area (Å²) in [6.07, 6.45) is 1.10. The minimum absolute atomic E-state index is 0.0373. The molecule has 11 atom stereocenters. The number of aliphatic hydroxyl groups excluding tert-OH is 2. The first-order valence-electron chi connectivity index (χ1n) is 24.5. The van der Waals surface area contributed by atoms with Gasteiger partial charge in [-0.15, -0.1) is 0 Å². The van der Waals surface area contributed by atoms with E-state index in [1.54, 1.807) is 65.0 Å². The molecule has 0 aliphatic carbocycles. The summed E-state index contributed by atoms with van der Waals surface area (Å²) in [6.45, 7) is 11.5. The molecule has 0 aliphatic heterocycles. The van der Waals surface area contributed by atoms with Gasteiger partial charge in [-0.05, 0) is 61.5 Å². The van der Waals surface area contributed by atoms with Gasteiger partial charge in [-0.25, -0.2) is 4.79 Å². The highest BCUT2D eigenvalue weighted by molar-refractivity contribution is 5.98. The van der Waals surface area contributed by atoms with Gasteiger partial charge >= 0.3 is 5.97 Å². The zero-order chi connectivity index (χ0) is 54.8. The number of carbonyl (C=O) groups excluding carboxylic acids is 9. The molecule has 0 bridgehead atoms. The number of nitrogens with two attached hydrogens (primary N) is 3. The van der Waals surface area contributed by atoms with Crippen LogP contribution in [0, 0.1) is 23.7 Å². The Morgan fingerprint density at radius 3 is 1.43 bits per heavy atom. The monoisotopic (exact) mass is 1020 g/mol. The quantitative estimate of drug-likeness (QED) is 0.0313. The summed E-state index contributed by atoms with van der Waals surface area (Å²) in [7, 11) is 0. The number of amides is 9. The van der Waals surface area contributed by atoms with E-state index in [9.17, 15) is 63.3 Å². The number of aliphatic hydroxyl groups is 2. The molecule has 1 aromatic rings. The summed E-state index contributed by atoms with van der Waals surface area (Å²) in [5.74, 6) is -11.2. The Morgan fingerprint density at radius 1 is 0.514 bits per heavy atom. The number of primary amides is 1. The number of benzene rings is 1. The molecule has 0 saturated carbocycles. The Labute approximate surface area is 421 Å². The van der Waals surface area contributed by atoms with Gasteiger partial charge in [-0.2, -0.15) is 0 Å². The van der Waals surface area contributed by atoms with Crippen LogP contribution >= 0.6 is 0 Å². The fraction of sp³-hybridized carbons (Fsp3) is 0.667. The molecule has 0 radical (unpaired) electrons. The van der Waals surface area contributed by atoms with E-state index in [-0.39, 0.29) is 31.7 Å².